The fourth-order valence-corrected chi connectivity index (χ4v) is 2.90. The van der Waals surface area contributed by atoms with E-state index in [9.17, 15) is 4.79 Å². The minimum absolute atomic E-state index is 0.0562. The number of likely N-dealkylation sites (tertiary alicyclic amines) is 1. The molecule has 0 radical (unpaired) electrons. The molecule has 0 saturated carbocycles. The van der Waals surface area contributed by atoms with E-state index in [1.165, 1.54) is 6.20 Å². The average molecular weight is 322 g/mol. The maximum atomic E-state index is 12.7. The zero-order valence-corrected chi connectivity index (χ0v) is 12.7. The zero-order chi connectivity index (χ0) is 14.8. The number of aromatic nitrogens is 2. The Kier molecular flexibility index (Phi) is 4.08. The molecule has 1 amide bonds. The van der Waals surface area contributed by atoms with Gasteiger partial charge in [-0.3, -0.25) is 9.78 Å². The molecular weight excluding hydrogens is 309 g/mol. The molecule has 1 fully saturated rings. The lowest BCUT2D eigenvalue weighted by molar-refractivity contribution is 0.0735. The fraction of sp³-hybridized carbons (Fsp3) is 0.267. The van der Waals surface area contributed by atoms with Gasteiger partial charge in [-0.15, -0.1) is 0 Å². The van der Waals surface area contributed by atoms with E-state index in [-0.39, 0.29) is 17.1 Å². The van der Waals surface area contributed by atoms with Crippen LogP contribution in [0.1, 0.15) is 34.8 Å². The molecule has 3 heterocycles. The van der Waals surface area contributed by atoms with E-state index in [0.29, 0.717) is 10.6 Å². The SMILES string of the molecule is O=C(c1cnc(Cl)c(Cl)c1)N1CCCC1c1cccnc1. The number of pyridine rings is 2. The lowest BCUT2D eigenvalue weighted by Crippen LogP contribution is -2.30. The van der Waals surface area contributed by atoms with Crippen molar-refractivity contribution in [1.82, 2.24) is 14.9 Å². The second-order valence-corrected chi connectivity index (χ2v) is 5.70. The Bertz CT molecular complexity index is 663. The van der Waals surface area contributed by atoms with Crippen LogP contribution >= 0.6 is 23.2 Å². The van der Waals surface area contributed by atoms with Gasteiger partial charge in [0.15, 0.2) is 0 Å². The van der Waals surface area contributed by atoms with Crippen LogP contribution in [0.2, 0.25) is 10.2 Å². The highest BCUT2D eigenvalue weighted by Gasteiger charge is 2.31. The Morgan fingerprint density at radius 2 is 2.19 bits per heavy atom. The molecule has 0 spiro atoms. The Balaban J connectivity index is 1.88. The maximum Gasteiger partial charge on any atom is 0.255 e. The summed E-state index contributed by atoms with van der Waals surface area (Å²) in [6.45, 7) is 0.721. The van der Waals surface area contributed by atoms with Gasteiger partial charge in [0.2, 0.25) is 0 Å². The number of rotatable bonds is 2. The number of carbonyl (C=O) groups is 1. The Morgan fingerprint density at radius 1 is 1.33 bits per heavy atom. The maximum absolute atomic E-state index is 12.7. The smallest absolute Gasteiger partial charge is 0.255 e. The average Bonchev–Trinajstić information content (AvgIpc) is 2.99. The molecule has 1 aliphatic rings. The van der Waals surface area contributed by atoms with Gasteiger partial charge in [-0.25, -0.2) is 4.98 Å². The van der Waals surface area contributed by atoms with Crippen molar-refractivity contribution in [2.24, 2.45) is 0 Å². The highest BCUT2D eigenvalue weighted by Crippen LogP contribution is 2.33. The van der Waals surface area contributed by atoms with E-state index in [1.54, 1.807) is 12.3 Å². The summed E-state index contributed by atoms with van der Waals surface area (Å²) in [7, 11) is 0. The molecule has 0 aromatic carbocycles. The van der Waals surface area contributed by atoms with Crippen molar-refractivity contribution in [1.29, 1.82) is 0 Å². The predicted octanol–water partition coefficient (Wildman–Crippen LogP) is 3.76. The Morgan fingerprint density at radius 3 is 2.90 bits per heavy atom. The van der Waals surface area contributed by atoms with Crippen LogP contribution in [0.5, 0.6) is 0 Å². The van der Waals surface area contributed by atoms with Gasteiger partial charge in [-0.05, 0) is 30.5 Å². The summed E-state index contributed by atoms with van der Waals surface area (Å²) < 4.78 is 0. The van der Waals surface area contributed by atoms with E-state index in [4.69, 9.17) is 23.2 Å². The van der Waals surface area contributed by atoms with Crippen LogP contribution < -0.4 is 0 Å². The van der Waals surface area contributed by atoms with E-state index >= 15 is 0 Å². The molecule has 6 heteroatoms. The third-order valence-corrected chi connectivity index (χ3v) is 4.31. The molecule has 0 N–H and O–H groups in total. The molecule has 0 bridgehead atoms. The second kappa shape index (κ2) is 6.00. The zero-order valence-electron chi connectivity index (χ0n) is 11.2. The first-order chi connectivity index (χ1) is 10.2. The van der Waals surface area contributed by atoms with Gasteiger partial charge in [-0.2, -0.15) is 0 Å². The molecule has 1 unspecified atom stereocenters. The number of halogens is 2. The first-order valence-corrected chi connectivity index (χ1v) is 7.44. The number of nitrogens with zero attached hydrogens (tertiary/aromatic N) is 3. The molecule has 108 valence electrons. The predicted molar refractivity (Wildman–Crippen MR) is 81.5 cm³/mol. The van der Waals surface area contributed by atoms with Crippen LogP contribution in [0.4, 0.5) is 0 Å². The fourth-order valence-electron chi connectivity index (χ4n) is 2.63. The minimum Gasteiger partial charge on any atom is -0.331 e. The van der Waals surface area contributed by atoms with Crippen molar-refractivity contribution >= 4 is 29.1 Å². The van der Waals surface area contributed by atoms with Gasteiger partial charge in [0.05, 0.1) is 16.6 Å². The summed E-state index contributed by atoms with van der Waals surface area (Å²) >= 11 is 11.7. The van der Waals surface area contributed by atoms with Crippen molar-refractivity contribution < 1.29 is 4.79 Å². The second-order valence-electron chi connectivity index (χ2n) is 4.94. The highest BCUT2D eigenvalue weighted by molar-refractivity contribution is 6.41. The van der Waals surface area contributed by atoms with Crippen LogP contribution in [-0.4, -0.2) is 27.3 Å². The molecule has 2 aromatic rings. The van der Waals surface area contributed by atoms with Gasteiger partial charge < -0.3 is 4.90 Å². The lowest BCUT2D eigenvalue weighted by Gasteiger charge is -2.24. The van der Waals surface area contributed by atoms with Gasteiger partial charge in [0.25, 0.3) is 5.91 Å². The van der Waals surface area contributed by atoms with Crippen LogP contribution in [-0.2, 0) is 0 Å². The molecule has 3 rings (SSSR count). The standard InChI is InChI=1S/C15H13Cl2N3O/c16-12-7-11(9-19-14(12)17)15(21)20-6-2-4-13(20)10-3-1-5-18-8-10/h1,3,5,7-9,13H,2,4,6H2. The molecule has 21 heavy (non-hydrogen) atoms. The number of hydrogen-bond donors (Lipinski definition) is 0. The van der Waals surface area contributed by atoms with Crippen molar-refractivity contribution in [2.45, 2.75) is 18.9 Å². The van der Waals surface area contributed by atoms with E-state index in [2.05, 4.69) is 9.97 Å². The molecule has 1 saturated heterocycles. The number of amides is 1. The van der Waals surface area contributed by atoms with Crippen molar-refractivity contribution in [3.8, 4) is 0 Å². The Hall–Kier alpha value is -1.65. The molecule has 2 aromatic heterocycles. The summed E-state index contributed by atoms with van der Waals surface area (Å²) in [6.07, 6.45) is 6.91. The molecule has 1 atom stereocenters. The summed E-state index contributed by atoms with van der Waals surface area (Å²) in [4.78, 5) is 22.6. The third kappa shape index (κ3) is 2.87. The molecular formula is C15H13Cl2N3O. The van der Waals surface area contributed by atoms with Gasteiger partial charge in [0, 0.05) is 25.1 Å². The number of carbonyl (C=O) groups excluding carboxylic acids is 1. The monoisotopic (exact) mass is 321 g/mol. The summed E-state index contributed by atoms with van der Waals surface area (Å²) in [5.41, 5.74) is 1.51. The lowest BCUT2D eigenvalue weighted by atomic mass is 10.1. The van der Waals surface area contributed by atoms with Crippen molar-refractivity contribution in [2.75, 3.05) is 6.54 Å². The first kappa shape index (κ1) is 14.3. The van der Waals surface area contributed by atoms with Crippen molar-refractivity contribution in [3.05, 3.63) is 58.1 Å². The largest absolute Gasteiger partial charge is 0.331 e. The van der Waals surface area contributed by atoms with Crippen LogP contribution in [0.3, 0.4) is 0 Å². The van der Waals surface area contributed by atoms with Crippen LogP contribution in [0.25, 0.3) is 0 Å². The molecule has 4 nitrogen and oxygen atoms in total. The molecule has 1 aliphatic heterocycles. The van der Waals surface area contributed by atoms with Crippen LogP contribution in [0, 0.1) is 0 Å². The van der Waals surface area contributed by atoms with E-state index in [1.807, 2.05) is 23.2 Å². The number of hydrogen-bond acceptors (Lipinski definition) is 3. The van der Waals surface area contributed by atoms with Gasteiger partial charge in [0.1, 0.15) is 5.15 Å². The normalized spacial score (nSPS) is 18.0. The van der Waals surface area contributed by atoms with Crippen LogP contribution in [0.15, 0.2) is 36.8 Å². The molecule has 0 aliphatic carbocycles. The van der Waals surface area contributed by atoms with Crippen molar-refractivity contribution in [3.63, 3.8) is 0 Å². The summed E-state index contributed by atoms with van der Waals surface area (Å²) in [6, 6.07) is 5.51. The topological polar surface area (TPSA) is 46.1 Å². The summed E-state index contributed by atoms with van der Waals surface area (Å²) in [5, 5.41) is 0.498. The van der Waals surface area contributed by atoms with Gasteiger partial charge in [-0.1, -0.05) is 29.3 Å². The third-order valence-electron chi connectivity index (χ3n) is 3.63. The van der Waals surface area contributed by atoms with Gasteiger partial charge >= 0.3 is 0 Å². The summed E-state index contributed by atoms with van der Waals surface area (Å²) in [5.74, 6) is -0.0765. The van der Waals surface area contributed by atoms with E-state index < -0.39 is 0 Å². The highest BCUT2D eigenvalue weighted by atomic mass is 35.5. The van der Waals surface area contributed by atoms with E-state index in [0.717, 1.165) is 24.9 Å². The minimum atomic E-state index is -0.0765. The Labute approximate surface area is 132 Å². The quantitative estimate of drug-likeness (QED) is 0.791. The first-order valence-electron chi connectivity index (χ1n) is 6.69.